The van der Waals surface area contributed by atoms with Crippen LogP contribution in [0.4, 0.5) is 0 Å². The molecular weight excluding hydrogens is 152 g/mol. The second kappa shape index (κ2) is 3.73. The van der Waals surface area contributed by atoms with E-state index in [-0.39, 0.29) is 5.75 Å². The van der Waals surface area contributed by atoms with Crippen LogP contribution < -0.4 is 0 Å². The van der Waals surface area contributed by atoms with Crippen molar-refractivity contribution in [2.24, 2.45) is 0 Å². The third-order valence-electron chi connectivity index (χ3n) is 1.15. The molecule has 60 valence electrons. The molecule has 0 rings (SSSR count). The summed E-state index contributed by atoms with van der Waals surface area (Å²) in [7, 11) is -2.13. The molecule has 0 N–H and O–H groups in total. The van der Waals surface area contributed by atoms with Crippen molar-refractivity contribution in [3.8, 4) is 0 Å². The third kappa shape index (κ3) is 3.63. The van der Waals surface area contributed by atoms with E-state index in [4.69, 9.17) is 0 Å². The predicted octanol–water partition coefficient (Wildman–Crippen LogP) is 0.929. The summed E-state index contributed by atoms with van der Waals surface area (Å²) >= 11 is 0. The van der Waals surface area contributed by atoms with Crippen LogP contribution in [0.15, 0.2) is 11.6 Å². The highest BCUT2D eigenvalue weighted by Crippen LogP contribution is 1.99. The summed E-state index contributed by atoms with van der Waals surface area (Å²) in [6, 6.07) is 0. The van der Waals surface area contributed by atoms with Gasteiger partial charge in [-0.2, -0.15) is 8.42 Å². The fourth-order valence-electron chi connectivity index (χ4n) is 0.421. The van der Waals surface area contributed by atoms with Crippen LogP contribution in [0.5, 0.6) is 0 Å². The lowest BCUT2D eigenvalue weighted by atomic mass is 10.3. The van der Waals surface area contributed by atoms with Crippen LogP contribution in [0, 0.1) is 0 Å². The first-order valence-electron chi connectivity index (χ1n) is 2.92. The molecule has 0 unspecified atom stereocenters. The molecule has 3 nitrogen and oxygen atoms in total. The van der Waals surface area contributed by atoms with E-state index in [1.165, 1.54) is 0 Å². The maximum Gasteiger partial charge on any atom is 0.270 e. The van der Waals surface area contributed by atoms with Crippen molar-refractivity contribution in [1.82, 2.24) is 0 Å². The van der Waals surface area contributed by atoms with Crippen LogP contribution in [-0.4, -0.2) is 21.3 Å². The van der Waals surface area contributed by atoms with Crippen molar-refractivity contribution in [2.45, 2.75) is 13.8 Å². The Morgan fingerprint density at radius 2 is 2.10 bits per heavy atom. The zero-order chi connectivity index (χ0) is 8.20. The van der Waals surface area contributed by atoms with Gasteiger partial charge in [0.2, 0.25) is 0 Å². The highest BCUT2D eigenvalue weighted by Gasteiger charge is 2.07. The predicted molar refractivity (Wildman–Crippen MR) is 40.2 cm³/mol. The molecule has 0 radical (unpaired) electrons. The summed E-state index contributed by atoms with van der Waals surface area (Å²) in [5, 5.41) is 0. The van der Waals surface area contributed by atoms with Crippen LogP contribution in [-0.2, 0) is 14.3 Å². The number of hydrogen-bond donors (Lipinski definition) is 0. The van der Waals surface area contributed by atoms with Gasteiger partial charge >= 0.3 is 0 Å². The minimum atomic E-state index is -3.30. The van der Waals surface area contributed by atoms with E-state index < -0.39 is 10.1 Å². The van der Waals surface area contributed by atoms with Crippen LogP contribution in [0.3, 0.4) is 0 Å². The van der Waals surface area contributed by atoms with Crippen molar-refractivity contribution in [2.75, 3.05) is 12.9 Å². The molecule has 0 aromatic carbocycles. The molecule has 0 atom stereocenters. The van der Waals surface area contributed by atoms with Gasteiger partial charge in [-0.3, -0.25) is 4.18 Å². The second-order valence-electron chi connectivity index (χ2n) is 2.00. The van der Waals surface area contributed by atoms with Crippen molar-refractivity contribution >= 4 is 10.1 Å². The lowest BCUT2D eigenvalue weighted by Crippen LogP contribution is -2.08. The van der Waals surface area contributed by atoms with E-state index in [0.717, 1.165) is 12.7 Å². The topological polar surface area (TPSA) is 43.4 Å². The summed E-state index contributed by atoms with van der Waals surface area (Å²) in [4.78, 5) is 0. The third-order valence-corrected chi connectivity index (χ3v) is 2.47. The fourth-order valence-corrected chi connectivity index (χ4v) is 1.26. The van der Waals surface area contributed by atoms with E-state index in [0.29, 0.717) is 0 Å². The molecule has 0 aliphatic carbocycles. The van der Waals surface area contributed by atoms with Crippen LogP contribution in [0.1, 0.15) is 13.8 Å². The van der Waals surface area contributed by atoms with Crippen LogP contribution in [0.25, 0.3) is 0 Å². The molecule has 0 heterocycles. The van der Waals surface area contributed by atoms with Crippen LogP contribution in [0.2, 0.25) is 0 Å². The molecule has 0 saturated carbocycles. The van der Waals surface area contributed by atoms with Crippen molar-refractivity contribution < 1.29 is 12.6 Å². The van der Waals surface area contributed by atoms with Gasteiger partial charge in [-0.1, -0.05) is 11.6 Å². The summed E-state index contributed by atoms with van der Waals surface area (Å²) in [5.74, 6) is -0.0139. The average Bonchev–Trinajstić information content (AvgIpc) is 1.87. The smallest absolute Gasteiger partial charge is 0.270 e. The van der Waals surface area contributed by atoms with Gasteiger partial charge in [0.25, 0.3) is 10.1 Å². The molecule has 10 heavy (non-hydrogen) atoms. The maximum atomic E-state index is 10.7. The average molecular weight is 164 g/mol. The molecule has 0 aromatic heterocycles. The van der Waals surface area contributed by atoms with Crippen molar-refractivity contribution in [3.63, 3.8) is 0 Å². The molecule has 0 spiro atoms. The minimum Gasteiger partial charge on any atom is -0.273 e. The highest BCUT2D eigenvalue weighted by atomic mass is 32.2. The lowest BCUT2D eigenvalue weighted by Gasteiger charge is -1.99. The molecule has 4 heteroatoms. The number of rotatable bonds is 3. The second-order valence-corrected chi connectivity index (χ2v) is 3.74. The summed E-state index contributed by atoms with van der Waals surface area (Å²) in [5.41, 5.74) is 0.793. The Balaban J connectivity index is 4.17. The molecule has 0 amide bonds. The summed E-state index contributed by atoms with van der Waals surface area (Å²) in [6.07, 6.45) is 1.75. The molecule has 0 saturated heterocycles. The van der Waals surface area contributed by atoms with Crippen molar-refractivity contribution in [3.05, 3.63) is 11.6 Å². The lowest BCUT2D eigenvalue weighted by molar-refractivity contribution is 0.399. The van der Waals surface area contributed by atoms with E-state index in [2.05, 4.69) is 4.18 Å². The van der Waals surface area contributed by atoms with E-state index in [1.807, 2.05) is 0 Å². The van der Waals surface area contributed by atoms with E-state index >= 15 is 0 Å². The standard InChI is InChI=1S/C6H12O3S/c1-4-6(2)5-10(7,8)9-3/h4H,5H2,1-3H3/b6-4+. The monoisotopic (exact) mass is 164 g/mol. The van der Waals surface area contributed by atoms with Gasteiger partial charge in [-0.25, -0.2) is 0 Å². The van der Waals surface area contributed by atoms with E-state index in [1.54, 1.807) is 19.9 Å². The molecule has 0 bridgehead atoms. The van der Waals surface area contributed by atoms with Gasteiger partial charge in [-0.05, 0) is 13.8 Å². The Morgan fingerprint density at radius 1 is 1.60 bits per heavy atom. The van der Waals surface area contributed by atoms with Gasteiger partial charge in [-0.15, -0.1) is 0 Å². The molecule has 0 aliphatic rings. The number of hydrogen-bond acceptors (Lipinski definition) is 3. The van der Waals surface area contributed by atoms with Crippen LogP contribution >= 0.6 is 0 Å². The SMILES string of the molecule is C/C=C(\C)CS(=O)(=O)OC. The van der Waals surface area contributed by atoms with E-state index in [9.17, 15) is 8.42 Å². The minimum absolute atomic E-state index is 0.0139. The maximum absolute atomic E-state index is 10.7. The molecule has 0 aliphatic heterocycles. The van der Waals surface area contributed by atoms with Gasteiger partial charge in [0.05, 0.1) is 12.9 Å². The van der Waals surface area contributed by atoms with Crippen molar-refractivity contribution in [1.29, 1.82) is 0 Å². The number of allylic oxidation sites excluding steroid dienone is 1. The van der Waals surface area contributed by atoms with Gasteiger partial charge < -0.3 is 0 Å². The Kier molecular flexibility index (Phi) is 3.60. The largest absolute Gasteiger partial charge is 0.273 e. The van der Waals surface area contributed by atoms with Gasteiger partial charge in [0, 0.05) is 0 Å². The normalized spacial score (nSPS) is 13.7. The summed E-state index contributed by atoms with van der Waals surface area (Å²) in [6.45, 7) is 3.54. The van der Waals surface area contributed by atoms with Gasteiger partial charge in [0.1, 0.15) is 0 Å². The molecule has 0 aromatic rings. The zero-order valence-electron chi connectivity index (χ0n) is 6.42. The zero-order valence-corrected chi connectivity index (χ0v) is 7.23. The quantitative estimate of drug-likeness (QED) is 0.460. The Morgan fingerprint density at radius 3 is 2.40 bits per heavy atom. The first kappa shape index (κ1) is 9.65. The highest BCUT2D eigenvalue weighted by molar-refractivity contribution is 7.86. The Bertz CT molecular complexity index is 213. The Labute approximate surface area is 61.8 Å². The molecular formula is C6H12O3S. The first-order valence-corrected chi connectivity index (χ1v) is 4.49. The molecule has 0 fully saturated rings. The van der Waals surface area contributed by atoms with Gasteiger partial charge in [0.15, 0.2) is 0 Å². The summed E-state index contributed by atoms with van der Waals surface area (Å²) < 4.78 is 25.7. The fraction of sp³-hybridized carbons (Fsp3) is 0.667. The first-order chi connectivity index (χ1) is 4.52. The Hall–Kier alpha value is -0.350.